The molecule has 3 heteroatoms. The molecule has 0 aromatic rings. The molecule has 0 aromatic heterocycles. The van der Waals surface area contributed by atoms with Crippen LogP contribution in [0.5, 0.6) is 0 Å². The Hall–Kier alpha value is 0.270. The summed E-state index contributed by atoms with van der Waals surface area (Å²) in [4.78, 5) is 2.61. The van der Waals surface area contributed by atoms with Gasteiger partial charge in [-0.1, -0.05) is 13.8 Å². The molecule has 1 unspecified atom stereocenters. The van der Waals surface area contributed by atoms with Crippen molar-refractivity contribution in [2.45, 2.75) is 38.5 Å². The van der Waals surface area contributed by atoms with Gasteiger partial charge in [0.2, 0.25) is 0 Å². The Bertz CT molecular complexity index is 192. The van der Waals surface area contributed by atoms with Crippen LogP contribution in [0.2, 0.25) is 0 Å². The third-order valence-electron chi connectivity index (χ3n) is 3.25. The summed E-state index contributed by atoms with van der Waals surface area (Å²) in [6, 6.07) is 0.677. The summed E-state index contributed by atoms with van der Waals surface area (Å²) in [6.45, 7) is 14.1. The normalized spacial score (nSPS) is 24.8. The van der Waals surface area contributed by atoms with E-state index in [0.29, 0.717) is 10.8 Å². The molecular formula is C12H26N2S. The first-order chi connectivity index (χ1) is 6.94. The van der Waals surface area contributed by atoms with Gasteiger partial charge in [0.1, 0.15) is 0 Å². The van der Waals surface area contributed by atoms with E-state index >= 15 is 0 Å². The monoisotopic (exact) mass is 230 g/mol. The molecule has 1 aliphatic rings. The lowest BCUT2D eigenvalue weighted by Gasteiger charge is -2.39. The molecule has 1 atom stereocenters. The second-order valence-electron chi connectivity index (χ2n) is 5.50. The van der Waals surface area contributed by atoms with Gasteiger partial charge in [-0.3, -0.25) is 4.90 Å². The second kappa shape index (κ2) is 5.55. The molecule has 1 N–H and O–H groups in total. The van der Waals surface area contributed by atoms with Crippen LogP contribution in [-0.2, 0) is 0 Å². The summed E-state index contributed by atoms with van der Waals surface area (Å²) < 4.78 is 0.388. The van der Waals surface area contributed by atoms with Crippen molar-refractivity contribution in [1.29, 1.82) is 0 Å². The van der Waals surface area contributed by atoms with Crippen molar-refractivity contribution >= 4 is 11.8 Å². The number of rotatable bonds is 4. The molecule has 1 fully saturated rings. The number of nitrogens with one attached hydrogen (secondary N) is 1. The van der Waals surface area contributed by atoms with Crippen LogP contribution in [0.15, 0.2) is 0 Å². The second-order valence-corrected chi connectivity index (χ2v) is 7.02. The number of hydrogen-bond acceptors (Lipinski definition) is 3. The number of hydrogen-bond donors (Lipinski definition) is 1. The lowest BCUT2D eigenvalue weighted by atomic mass is 10.0. The van der Waals surface area contributed by atoms with Crippen molar-refractivity contribution in [3.8, 4) is 0 Å². The molecule has 1 saturated heterocycles. The van der Waals surface area contributed by atoms with E-state index < -0.39 is 0 Å². The van der Waals surface area contributed by atoms with Crippen molar-refractivity contribution in [2.75, 3.05) is 32.4 Å². The Morgan fingerprint density at radius 2 is 2.13 bits per heavy atom. The van der Waals surface area contributed by atoms with Crippen LogP contribution >= 0.6 is 11.8 Å². The van der Waals surface area contributed by atoms with Gasteiger partial charge in [0.25, 0.3) is 0 Å². The van der Waals surface area contributed by atoms with Crippen LogP contribution in [0.4, 0.5) is 0 Å². The number of nitrogens with zero attached hydrogens (tertiary/aromatic N) is 1. The molecule has 15 heavy (non-hydrogen) atoms. The average Bonchev–Trinajstić information content (AvgIpc) is 2.17. The third-order valence-corrected chi connectivity index (χ3v) is 4.49. The highest BCUT2D eigenvalue weighted by Crippen LogP contribution is 2.23. The van der Waals surface area contributed by atoms with Crippen molar-refractivity contribution in [3.63, 3.8) is 0 Å². The van der Waals surface area contributed by atoms with Gasteiger partial charge in [0.15, 0.2) is 0 Å². The van der Waals surface area contributed by atoms with E-state index in [-0.39, 0.29) is 0 Å². The number of thioether (sulfide) groups is 1. The van der Waals surface area contributed by atoms with Gasteiger partial charge in [-0.15, -0.1) is 0 Å². The van der Waals surface area contributed by atoms with Crippen LogP contribution in [0.3, 0.4) is 0 Å². The van der Waals surface area contributed by atoms with Crippen LogP contribution in [0, 0.1) is 5.92 Å². The van der Waals surface area contributed by atoms with E-state index in [0.717, 1.165) is 12.5 Å². The molecule has 0 amide bonds. The number of piperazine rings is 1. The Morgan fingerprint density at radius 3 is 2.67 bits per heavy atom. The van der Waals surface area contributed by atoms with Gasteiger partial charge in [0, 0.05) is 37.0 Å². The molecule has 1 heterocycles. The summed E-state index contributed by atoms with van der Waals surface area (Å²) in [5, 5.41) is 3.60. The Balaban J connectivity index is 2.43. The lowest BCUT2D eigenvalue weighted by molar-refractivity contribution is 0.166. The molecule has 90 valence electrons. The fraction of sp³-hybridized carbons (Fsp3) is 1.00. The van der Waals surface area contributed by atoms with Crippen molar-refractivity contribution < 1.29 is 0 Å². The summed E-state index contributed by atoms with van der Waals surface area (Å²) in [5.41, 5.74) is 0. The molecule has 0 spiro atoms. The highest BCUT2D eigenvalue weighted by atomic mass is 32.2. The molecule has 1 rings (SSSR count). The predicted molar refractivity (Wildman–Crippen MR) is 70.7 cm³/mol. The maximum absolute atomic E-state index is 3.60. The first kappa shape index (κ1) is 13.3. The predicted octanol–water partition coefficient (Wildman–Crippen LogP) is 2.06. The van der Waals surface area contributed by atoms with E-state index in [9.17, 15) is 0 Å². The Morgan fingerprint density at radius 1 is 1.47 bits per heavy atom. The summed E-state index contributed by atoms with van der Waals surface area (Å²) in [6.07, 6.45) is 2.21. The van der Waals surface area contributed by atoms with Gasteiger partial charge in [0.05, 0.1) is 0 Å². The zero-order valence-electron chi connectivity index (χ0n) is 10.8. The van der Waals surface area contributed by atoms with Gasteiger partial charge in [-0.2, -0.15) is 11.8 Å². The topological polar surface area (TPSA) is 15.3 Å². The van der Waals surface area contributed by atoms with Crippen LogP contribution < -0.4 is 5.32 Å². The van der Waals surface area contributed by atoms with E-state index in [4.69, 9.17) is 0 Å². The smallest absolute Gasteiger partial charge is 0.0227 e. The minimum Gasteiger partial charge on any atom is -0.311 e. The van der Waals surface area contributed by atoms with Crippen LogP contribution in [0.25, 0.3) is 0 Å². The zero-order valence-corrected chi connectivity index (χ0v) is 11.7. The van der Waals surface area contributed by atoms with E-state index in [1.54, 1.807) is 0 Å². The van der Waals surface area contributed by atoms with Crippen LogP contribution in [0.1, 0.15) is 27.7 Å². The molecule has 0 radical (unpaired) electrons. The summed E-state index contributed by atoms with van der Waals surface area (Å²) in [7, 11) is 0. The Kier molecular flexibility index (Phi) is 4.94. The maximum atomic E-state index is 3.60. The first-order valence-electron chi connectivity index (χ1n) is 5.95. The molecule has 0 bridgehead atoms. The van der Waals surface area contributed by atoms with Gasteiger partial charge >= 0.3 is 0 Å². The Labute approximate surface area is 99.2 Å². The van der Waals surface area contributed by atoms with E-state index in [1.165, 1.54) is 19.6 Å². The SMILES string of the molecule is CSC(C)(C)CN1CCNC(C(C)C)C1. The molecule has 2 nitrogen and oxygen atoms in total. The van der Waals surface area contributed by atoms with Gasteiger partial charge < -0.3 is 5.32 Å². The minimum absolute atomic E-state index is 0.388. The fourth-order valence-corrected chi connectivity index (χ4v) is 2.35. The van der Waals surface area contributed by atoms with Gasteiger partial charge in [-0.05, 0) is 26.0 Å². The summed E-state index contributed by atoms with van der Waals surface area (Å²) in [5.74, 6) is 0.741. The zero-order chi connectivity index (χ0) is 11.5. The molecule has 0 saturated carbocycles. The standard InChI is InChI=1S/C12H26N2S/c1-10(2)11-8-14(7-6-13-11)9-12(3,4)15-5/h10-11,13H,6-9H2,1-5H3. The molecule has 0 aliphatic carbocycles. The largest absolute Gasteiger partial charge is 0.311 e. The average molecular weight is 230 g/mol. The highest BCUT2D eigenvalue weighted by Gasteiger charge is 2.26. The summed E-state index contributed by atoms with van der Waals surface area (Å²) >= 11 is 1.97. The quantitative estimate of drug-likeness (QED) is 0.796. The van der Waals surface area contributed by atoms with E-state index in [2.05, 4.69) is 44.2 Å². The van der Waals surface area contributed by atoms with E-state index in [1.807, 2.05) is 11.8 Å². The first-order valence-corrected chi connectivity index (χ1v) is 7.18. The molecule has 0 aromatic carbocycles. The maximum Gasteiger partial charge on any atom is 0.0227 e. The lowest BCUT2D eigenvalue weighted by Crippen LogP contribution is -2.55. The molecular weight excluding hydrogens is 204 g/mol. The minimum atomic E-state index is 0.388. The fourth-order valence-electron chi connectivity index (χ4n) is 2.04. The van der Waals surface area contributed by atoms with Crippen molar-refractivity contribution in [3.05, 3.63) is 0 Å². The highest BCUT2D eigenvalue weighted by molar-refractivity contribution is 7.99. The van der Waals surface area contributed by atoms with Crippen molar-refractivity contribution in [1.82, 2.24) is 10.2 Å². The van der Waals surface area contributed by atoms with Crippen LogP contribution in [-0.4, -0.2) is 48.1 Å². The molecule has 1 aliphatic heterocycles. The van der Waals surface area contributed by atoms with Gasteiger partial charge in [-0.25, -0.2) is 0 Å². The van der Waals surface area contributed by atoms with Crippen molar-refractivity contribution in [2.24, 2.45) is 5.92 Å². The third kappa shape index (κ3) is 4.33.